The molecule has 0 aliphatic rings. The van der Waals surface area contributed by atoms with E-state index >= 15 is 0 Å². The van der Waals surface area contributed by atoms with Crippen molar-refractivity contribution in [2.45, 2.75) is 46.0 Å². The molecule has 122 valence electrons. The van der Waals surface area contributed by atoms with E-state index in [2.05, 4.69) is 26.1 Å². The molecule has 1 aromatic carbocycles. The molecule has 2 unspecified atom stereocenters. The number of rotatable bonds is 8. The fourth-order valence-corrected chi connectivity index (χ4v) is 2.54. The number of amides is 1. The molecule has 2 atom stereocenters. The summed E-state index contributed by atoms with van der Waals surface area (Å²) >= 11 is 0. The van der Waals surface area contributed by atoms with E-state index in [4.69, 9.17) is 0 Å². The molecule has 0 aliphatic heterocycles. The normalized spacial score (nSPS) is 15.1. The van der Waals surface area contributed by atoms with Gasteiger partial charge in [-0.25, -0.2) is 0 Å². The van der Waals surface area contributed by atoms with Crippen LogP contribution in [0, 0.1) is 11.8 Å². The molecular formula is C18H27NO3. The lowest BCUT2D eigenvalue weighted by atomic mass is 9.82. The maximum Gasteiger partial charge on any atom is 0.315 e. The van der Waals surface area contributed by atoms with Gasteiger partial charge in [0.25, 0.3) is 0 Å². The molecule has 0 heterocycles. The maximum absolute atomic E-state index is 12.1. The van der Waals surface area contributed by atoms with Crippen molar-refractivity contribution in [2.75, 3.05) is 6.54 Å². The van der Waals surface area contributed by atoms with Crippen LogP contribution in [0.1, 0.15) is 46.1 Å². The molecular weight excluding hydrogens is 278 g/mol. The number of carbonyl (C=O) groups excluding carboxylic acids is 1. The van der Waals surface area contributed by atoms with E-state index in [1.54, 1.807) is 19.1 Å². The number of carbonyl (C=O) groups is 2. The van der Waals surface area contributed by atoms with Crippen molar-refractivity contribution in [2.24, 2.45) is 11.8 Å². The number of nitrogens with one attached hydrogen (secondary N) is 1. The number of benzene rings is 1. The Hall–Kier alpha value is -1.84. The minimum absolute atomic E-state index is 0.0797. The Labute approximate surface area is 132 Å². The summed E-state index contributed by atoms with van der Waals surface area (Å²) in [6.45, 7) is 8.02. The SMILES string of the molecule is CCC(CC(=O)NCC(C)(C(=O)O)c1ccccc1)C(C)C. The first-order chi connectivity index (χ1) is 10.3. The number of hydrogen-bond donors (Lipinski definition) is 2. The van der Waals surface area contributed by atoms with Crippen LogP contribution in [-0.2, 0) is 15.0 Å². The Bertz CT molecular complexity index is 498. The van der Waals surface area contributed by atoms with Crippen LogP contribution in [0.3, 0.4) is 0 Å². The largest absolute Gasteiger partial charge is 0.481 e. The molecule has 22 heavy (non-hydrogen) atoms. The van der Waals surface area contributed by atoms with Crippen molar-refractivity contribution < 1.29 is 14.7 Å². The average Bonchev–Trinajstić information content (AvgIpc) is 2.50. The lowest BCUT2D eigenvalue weighted by Gasteiger charge is -2.26. The summed E-state index contributed by atoms with van der Waals surface area (Å²) in [6, 6.07) is 9.03. The second-order valence-electron chi connectivity index (χ2n) is 6.40. The predicted octanol–water partition coefficient (Wildman–Crippen LogP) is 3.22. The molecule has 4 nitrogen and oxygen atoms in total. The van der Waals surface area contributed by atoms with Crippen molar-refractivity contribution in [3.63, 3.8) is 0 Å². The average molecular weight is 305 g/mol. The van der Waals surface area contributed by atoms with Crippen molar-refractivity contribution >= 4 is 11.9 Å². The zero-order valence-corrected chi connectivity index (χ0v) is 13.9. The fraction of sp³-hybridized carbons (Fsp3) is 0.556. The summed E-state index contributed by atoms with van der Waals surface area (Å²) in [6.07, 6.45) is 1.39. The van der Waals surface area contributed by atoms with Crippen LogP contribution in [0.5, 0.6) is 0 Å². The van der Waals surface area contributed by atoms with Gasteiger partial charge in [0.05, 0.1) is 0 Å². The van der Waals surface area contributed by atoms with Crippen LogP contribution in [0.2, 0.25) is 0 Å². The van der Waals surface area contributed by atoms with E-state index in [0.717, 1.165) is 6.42 Å². The van der Waals surface area contributed by atoms with Gasteiger partial charge in [-0.15, -0.1) is 0 Å². The Morgan fingerprint density at radius 1 is 1.23 bits per heavy atom. The minimum Gasteiger partial charge on any atom is -0.481 e. The standard InChI is InChI=1S/C18H27NO3/c1-5-14(13(2)3)11-16(20)19-12-18(4,17(21)22)15-9-7-6-8-10-15/h6-10,13-14H,5,11-12H2,1-4H3,(H,19,20)(H,21,22). The van der Waals surface area contributed by atoms with Crippen LogP contribution in [0.4, 0.5) is 0 Å². The van der Waals surface area contributed by atoms with Gasteiger partial charge < -0.3 is 10.4 Å². The predicted molar refractivity (Wildman–Crippen MR) is 87.7 cm³/mol. The Morgan fingerprint density at radius 3 is 2.27 bits per heavy atom. The summed E-state index contributed by atoms with van der Waals surface area (Å²) in [5.41, 5.74) is -0.421. The Morgan fingerprint density at radius 2 is 1.82 bits per heavy atom. The Balaban J connectivity index is 2.74. The molecule has 2 N–H and O–H groups in total. The molecule has 0 aliphatic carbocycles. The molecule has 0 saturated heterocycles. The zero-order chi connectivity index (χ0) is 16.8. The van der Waals surface area contributed by atoms with E-state index in [9.17, 15) is 14.7 Å². The third kappa shape index (κ3) is 4.58. The Kier molecular flexibility index (Phi) is 6.60. The first kappa shape index (κ1) is 18.2. The number of hydrogen-bond acceptors (Lipinski definition) is 2. The summed E-state index contributed by atoms with van der Waals surface area (Å²) in [5, 5.41) is 12.4. The van der Waals surface area contributed by atoms with E-state index in [0.29, 0.717) is 23.8 Å². The summed E-state index contributed by atoms with van der Waals surface area (Å²) < 4.78 is 0. The second kappa shape index (κ2) is 7.97. The molecule has 1 rings (SSSR count). The molecule has 0 fully saturated rings. The lowest BCUT2D eigenvalue weighted by molar-refractivity contribution is -0.143. The summed E-state index contributed by atoms with van der Waals surface area (Å²) in [7, 11) is 0. The van der Waals surface area contributed by atoms with Gasteiger partial charge in [0.1, 0.15) is 5.41 Å². The number of carboxylic acid groups (broad SMARTS) is 1. The first-order valence-corrected chi connectivity index (χ1v) is 7.86. The first-order valence-electron chi connectivity index (χ1n) is 7.86. The second-order valence-corrected chi connectivity index (χ2v) is 6.40. The quantitative estimate of drug-likeness (QED) is 0.775. The van der Waals surface area contributed by atoms with Gasteiger partial charge in [-0.05, 0) is 24.3 Å². The molecule has 0 bridgehead atoms. The zero-order valence-electron chi connectivity index (χ0n) is 13.9. The van der Waals surface area contributed by atoms with Gasteiger partial charge in [-0.1, -0.05) is 57.5 Å². The van der Waals surface area contributed by atoms with Gasteiger partial charge >= 0.3 is 5.97 Å². The molecule has 0 spiro atoms. The third-order valence-electron chi connectivity index (χ3n) is 4.44. The highest BCUT2D eigenvalue weighted by molar-refractivity contribution is 5.83. The highest BCUT2D eigenvalue weighted by Gasteiger charge is 2.35. The molecule has 0 radical (unpaired) electrons. The highest BCUT2D eigenvalue weighted by Crippen LogP contribution is 2.24. The molecule has 1 amide bonds. The van der Waals surface area contributed by atoms with Gasteiger partial charge in [0.2, 0.25) is 5.91 Å². The smallest absolute Gasteiger partial charge is 0.315 e. The van der Waals surface area contributed by atoms with E-state index in [1.807, 2.05) is 18.2 Å². The van der Waals surface area contributed by atoms with Crippen LogP contribution >= 0.6 is 0 Å². The van der Waals surface area contributed by atoms with E-state index in [-0.39, 0.29) is 12.5 Å². The van der Waals surface area contributed by atoms with Gasteiger partial charge in [-0.2, -0.15) is 0 Å². The molecule has 0 aromatic heterocycles. The van der Waals surface area contributed by atoms with Crippen molar-refractivity contribution in [1.29, 1.82) is 0 Å². The number of aliphatic carboxylic acids is 1. The van der Waals surface area contributed by atoms with Gasteiger partial charge in [-0.3, -0.25) is 9.59 Å². The molecule has 4 heteroatoms. The van der Waals surface area contributed by atoms with E-state index in [1.165, 1.54) is 0 Å². The van der Waals surface area contributed by atoms with Crippen LogP contribution in [-0.4, -0.2) is 23.5 Å². The summed E-state index contributed by atoms with van der Waals surface area (Å²) in [4.78, 5) is 23.8. The molecule has 1 aromatic rings. The van der Waals surface area contributed by atoms with Crippen LogP contribution in [0.25, 0.3) is 0 Å². The lowest BCUT2D eigenvalue weighted by Crippen LogP contribution is -2.44. The fourth-order valence-electron chi connectivity index (χ4n) is 2.54. The monoisotopic (exact) mass is 305 g/mol. The van der Waals surface area contributed by atoms with E-state index < -0.39 is 11.4 Å². The summed E-state index contributed by atoms with van der Waals surface area (Å²) in [5.74, 6) is -0.248. The number of carboxylic acids is 1. The molecule has 0 saturated carbocycles. The topological polar surface area (TPSA) is 66.4 Å². The van der Waals surface area contributed by atoms with Gasteiger partial charge in [0, 0.05) is 13.0 Å². The van der Waals surface area contributed by atoms with Crippen LogP contribution in [0.15, 0.2) is 30.3 Å². The maximum atomic E-state index is 12.1. The highest BCUT2D eigenvalue weighted by atomic mass is 16.4. The van der Waals surface area contributed by atoms with Crippen LogP contribution < -0.4 is 5.32 Å². The minimum atomic E-state index is -1.11. The van der Waals surface area contributed by atoms with Crippen molar-refractivity contribution in [3.8, 4) is 0 Å². The van der Waals surface area contributed by atoms with Crippen molar-refractivity contribution in [1.82, 2.24) is 5.32 Å². The van der Waals surface area contributed by atoms with Gasteiger partial charge in [0.15, 0.2) is 0 Å². The van der Waals surface area contributed by atoms with Crippen molar-refractivity contribution in [3.05, 3.63) is 35.9 Å². The third-order valence-corrected chi connectivity index (χ3v) is 4.44.